The molecule has 0 amide bonds. The van der Waals surface area contributed by atoms with Crippen LogP contribution in [0.1, 0.15) is 22.7 Å². The van der Waals surface area contributed by atoms with E-state index in [0.717, 1.165) is 28.6 Å². The average Bonchev–Trinajstić information content (AvgIpc) is 3.48. The van der Waals surface area contributed by atoms with E-state index in [1.807, 2.05) is 72.9 Å². The van der Waals surface area contributed by atoms with Crippen molar-refractivity contribution < 1.29 is 9.47 Å². The Morgan fingerprint density at radius 2 is 1.62 bits per heavy atom. The van der Waals surface area contributed by atoms with E-state index in [0.29, 0.717) is 5.11 Å². The standard InChI is InChI=1S/C25H21N3O2S2/c1-29-18-11-13-20(14-12-18)30-19-9-7-17(8-10-19)28-24(22-6-4-16-32-22)23(27-25(28)31)21-5-2-3-15-26-21/h2-16,23-24H,1H3,(H,27,31). The van der Waals surface area contributed by atoms with Gasteiger partial charge in [-0.2, -0.15) is 0 Å². The maximum absolute atomic E-state index is 5.98. The molecule has 0 saturated carbocycles. The Morgan fingerprint density at radius 1 is 0.906 bits per heavy atom. The van der Waals surface area contributed by atoms with Crippen LogP contribution in [0.4, 0.5) is 5.69 Å². The molecule has 1 aliphatic rings. The van der Waals surface area contributed by atoms with Crippen molar-refractivity contribution in [1.82, 2.24) is 10.3 Å². The van der Waals surface area contributed by atoms with Crippen LogP contribution in [-0.2, 0) is 0 Å². The summed E-state index contributed by atoms with van der Waals surface area (Å²) in [5.41, 5.74) is 1.97. The van der Waals surface area contributed by atoms with E-state index < -0.39 is 0 Å². The summed E-state index contributed by atoms with van der Waals surface area (Å²) in [6.07, 6.45) is 1.82. The Hall–Kier alpha value is -3.42. The van der Waals surface area contributed by atoms with Crippen LogP contribution in [0, 0.1) is 0 Å². The molecule has 5 nitrogen and oxygen atoms in total. The fourth-order valence-corrected chi connectivity index (χ4v) is 5.03. The largest absolute Gasteiger partial charge is 0.497 e. The zero-order valence-corrected chi connectivity index (χ0v) is 19.0. The van der Waals surface area contributed by atoms with Crippen molar-refractivity contribution in [2.75, 3.05) is 12.0 Å². The number of anilines is 1. The molecule has 2 unspecified atom stereocenters. The maximum Gasteiger partial charge on any atom is 0.174 e. The number of nitrogens with zero attached hydrogens (tertiary/aromatic N) is 2. The molecule has 2 aromatic heterocycles. The summed E-state index contributed by atoms with van der Waals surface area (Å²) in [7, 11) is 1.65. The van der Waals surface area contributed by atoms with Crippen molar-refractivity contribution in [1.29, 1.82) is 0 Å². The van der Waals surface area contributed by atoms with Crippen LogP contribution in [-0.4, -0.2) is 17.2 Å². The summed E-state index contributed by atoms with van der Waals surface area (Å²) in [6.45, 7) is 0. The van der Waals surface area contributed by atoms with Crippen molar-refractivity contribution in [2.24, 2.45) is 0 Å². The van der Waals surface area contributed by atoms with Gasteiger partial charge in [-0.1, -0.05) is 12.1 Å². The third-order valence-corrected chi connectivity index (χ3v) is 6.60. The molecule has 160 valence electrons. The number of nitrogens with one attached hydrogen (secondary N) is 1. The van der Waals surface area contributed by atoms with Gasteiger partial charge in [-0.3, -0.25) is 4.98 Å². The average molecular weight is 460 g/mol. The predicted octanol–water partition coefficient (Wildman–Crippen LogP) is 6.12. The van der Waals surface area contributed by atoms with Crippen LogP contribution in [0.3, 0.4) is 0 Å². The zero-order valence-electron chi connectivity index (χ0n) is 17.3. The van der Waals surface area contributed by atoms with Gasteiger partial charge < -0.3 is 19.7 Å². The summed E-state index contributed by atoms with van der Waals surface area (Å²) in [6, 6.07) is 25.7. The lowest BCUT2D eigenvalue weighted by Crippen LogP contribution is -2.28. The summed E-state index contributed by atoms with van der Waals surface area (Å²) in [4.78, 5) is 7.98. The van der Waals surface area contributed by atoms with Gasteiger partial charge in [0.2, 0.25) is 0 Å². The van der Waals surface area contributed by atoms with Gasteiger partial charge >= 0.3 is 0 Å². The number of hydrogen-bond acceptors (Lipinski definition) is 5. The highest BCUT2D eigenvalue weighted by molar-refractivity contribution is 7.80. The summed E-state index contributed by atoms with van der Waals surface area (Å²) >= 11 is 7.48. The summed E-state index contributed by atoms with van der Waals surface area (Å²) < 4.78 is 11.2. The molecule has 1 N–H and O–H groups in total. The smallest absolute Gasteiger partial charge is 0.174 e. The van der Waals surface area contributed by atoms with Crippen molar-refractivity contribution >= 4 is 34.4 Å². The first-order valence-electron chi connectivity index (χ1n) is 10.2. The van der Waals surface area contributed by atoms with E-state index in [9.17, 15) is 0 Å². The number of methoxy groups -OCH3 is 1. The lowest BCUT2D eigenvalue weighted by atomic mass is 10.0. The highest BCUT2D eigenvalue weighted by Gasteiger charge is 2.41. The number of hydrogen-bond donors (Lipinski definition) is 1. The van der Waals surface area contributed by atoms with Gasteiger partial charge in [0.25, 0.3) is 0 Å². The van der Waals surface area contributed by atoms with Crippen LogP contribution < -0.4 is 19.7 Å². The molecule has 5 rings (SSSR count). The van der Waals surface area contributed by atoms with Crippen molar-refractivity contribution in [3.63, 3.8) is 0 Å². The molecule has 3 heterocycles. The molecule has 7 heteroatoms. The minimum atomic E-state index is -0.0300. The number of thiophene rings is 1. The molecule has 4 aromatic rings. The minimum absolute atomic E-state index is 0.0192. The van der Waals surface area contributed by atoms with Gasteiger partial charge in [-0.15, -0.1) is 11.3 Å². The Kier molecular flexibility index (Phi) is 5.75. The first-order chi connectivity index (χ1) is 15.7. The number of aromatic nitrogens is 1. The van der Waals surface area contributed by atoms with Gasteiger partial charge in [0.1, 0.15) is 17.2 Å². The molecule has 1 aliphatic heterocycles. The number of benzene rings is 2. The van der Waals surface area contributed by atoms with E-state index in [1.54, 1.807) is 18.4 Å². The fraction of sp³-hybridized carbons (Fsp3) is 0.120. The summed E-state index contributed by atoms with van der Waals surface area (Å²) in [5, 5.41) is 6.26. The highest BCUT2D eigenvalue weighted by Crippen LogP contribution is 2.43. The minimum Gasteiger partial charge on any atom is -0.497 e. The van der Waals surface area contributed by atoms with Gasteiger partial charge in [-0.25, -0.2) is 0 Å². The second-order valence-electron chi connectivity index (χ2n) is 7.28. The monoisotopic (exact) mass is 459 g/mol. The van der Waals surface area contributed by atoms with Crippen LogP contribution in [0.15, 0.2) is 90.4 Å². The van der Waals surface area contributed by atoms with Crippen LogP contribution in [0.5, 0.6) is 17.2 Å². The first kappa shape index (κ1) is 20.5. The van der Waals surface area contributed by atoms with E-state index in [-0.39, 0.29) is 12.1 Å². The predicted molar refractivity (Wildman–Crippen MR) is 132 cm³/mol. The Bertz CT molecular complexity index is 1180. The van der Waals surface area contributed by atoms with E-state index in [1.165, 1.54) is 4.88 Å². The third kappa shape index (κ3) is 4.04. The maximum atomic E-state index is 5.98. The number of thiocarbonyl (C=S) groups is 1. The molecular formula is C25H21N3O2S2. The number of ether oxygens (including phenoxy) is 2. The SMILES string of the molecule is COc1ccc(Oc2ccc(N3C(=S)NC(c4ccccn4)C3c3cccs3)cc2)cc1. The van der Waals surface area contributed by atoms with Crippen molar-refractivity contribution in [2.45, 2.75) is 12.1 Å². The molecular weight excluding hydrogens is 438 g/mol. The molecule has 1 fully saturated rings. The fourth-order valence-electron chi connectivity index (χ4n) is 3.84. The highest BCUT2D eigenvalue weighted by atomic mass is 32.1. The van der Waals surface area contributed by atoms with Gasteiger partial charge in [0.05, 0.1) is 24.9 Å². The lowest BCUT2D eigenvalue weighted by molar-refractivity contribution is 0.413. The molecule has 1 saturated heterocycles. The second-order valence-corrected chi connectivity index (χ2v) is 8.65. The quantitative estimate of drug-likeness (QED) is 0.351. The van der Waals surface area contributed by atoms with Crippen LogP contribution in [0.2, 0.25) is 0 Å². The van der Waals surface area contributed by atoms with Crippen molar-refractivity contribution in [3.05, 3.63) is 101 Å². The van der Waals surface area contributed by atoms with Crippen molar-refractivity contribution in [3.8, 4) is 17.2 Å². The number of pyridine rings is 1. The van der Waals surface area contributed by atoms with Crippen LogP contribution in [0.25, 0.3) is 0 Å². The molecule has 2 atom stereocenters. The number of rotatable bonds is 6. The molecule has 2 aromatic carbocycles. The molecule has 0 spiro atoms. The Morgan fingerprint density at radius 3 is 2.25 bits per heavy atom. The van der Waals surface area contributed by atoms with Crippen LogP contribution >= 0.6 is 23.6 Å². The Balaban J connectivity index is 1.42. The zero-order chi connectivity index (χ0) is 21.9. The second kappa shape index (κ2) is 8.98. The van der Waals surface area contributed by atoms with Gasteiger partial charge in [-0.05, 0) is 84.3 Å². The Labute approximate surface area is 196 Å². The van der Waals surface area contributed by atoms with E-state index >= 15 is 0 Å². The van der Waals surface area contributed by atoms with Gasteiger partial charge in [0.15, 0.2) is 5.11 Å². The normalized spacial score (nSPS) is 17.8. The van der Waals surface area contributed by atoms with E-state index in [2.05, 4.69) is 32.7 Å². The molecule has 0 bridgehead atoms. The molecule has 0 aliphatic carbocycles. The van der Waals surface area contributed by atoms with Gasteiger partial charge in [0, 0.05) is 16.8 Å². The molecule has 0 radical (unpaired) electrons. The third-order valence-electron chi connectivity index (χ3n) is 5.34. The molecule has 32 heavy (non-hydrogen) atoms. The topological polar surface area (TPSA) is 46.6 Å². The first-order valence-corrected chi connectivity index (χ1v) is 11.5. The van der Waals surface area contributed by atoms with E-state index in [4.69, 9.17) is 21.7 Å². The summed E-state index contributed by atoms with van der Waals surface area (Å²) in [5.74, 6) is 2.30. The lowest BCUT2D eigenvalue weighted by Gasteiger charge is -2.27.